The number of carbonyl (C=O) groups excluding carboxylic acids is 3. The van der Waals surface area contributed by atoms with E-state index in [1.807, 2.05) is 30.3 Å². The predicted molar refractivity (Wildman–Crippen MR) is 115 cm³/mol. The number of hydrogen-bond donors (Lipinski definition) is 0. The molecule has 0 aromatic heterocycles. The Morgan fingerprint density at radius 1 is 0.903 bits per heavy atom. The molecular formula is C26H28O5. The first-order chi connectivity index (χ1) is 14.8. The first-order valence-corrected chi connectivity index (χ1v) is 11.2. The second kappa shape index (κ2) is 7.18. The van der Waals surface area contributed by atoms with Gasteiger partial charge in [-0.2, -0.15) is 0 Å². The van der Waals surface area contributed by atoms with Gasteiger partial charge in [-0.15, -0.1) is 0 Å². The molecule has 4 fully saturated rings. The van der Waals surface area contributed by atoms with E-state index in [-0.39, 0.29) is 0 Å². The number of ether oxygens (including phenoxy) is 2. The quantitative estimate of drug-likeness (QED) is 0.409. The maximum Gasteiger partial charge on any atom is 0.375 e. The van der Waals surface area contributed by atoms with Gasteiger partial charge in [-0.25, -0.2) is 4.79 Å². The van der Waals surface area contributed by atoms with Crippen molar-refractivity contribution in [1.29, 1.82) is 0 Å². The lowest BCUT2D eigenvalue weighted by Gasteiger charge is -2.56. The molecule has 0 aliphatic heterocycles. The summed E-state index contributed by atoms with van der Waals surface area (Å²) in [6, 6.07) is 13.1. The van der Waals surface area contributed by atoms with Crippen LogP contribution in [0, 0.1) is 17.8 Å². The number of methoxy groups -OCH3 is 1. The summed E-state index contributed by atoms with van der Waals surface area (Å²) in [7, 11) is 1.16. The highest BCUT2D eigenvalue weighted by Crippen LogP contribution is 2.57. The smallest absolute Gasteiger partial charge is 0.375 e. The first kappa shape index (κ1) is 20.2. The number of rotatable bonds is 5. The fourth-order valence-corrected chi connectivity index (χ4v) is 6.59. The van der Waals surface area contributed by atoms with Crippen LogP contribution in [0.15, 0.2) is 42.5 Å². The van der Waals surface area contributed by atoms with Crippen LogP contribution in [0.1, 0.15) is 51.0 Å². The van der Waals surface area contributed by atoms with E-state index >= 15 is 0 Å². The van der Waals surface area contributed by atoms with Gasteiger partial charge in [-0.1, -0.05) is 36.4 Å². The van der Waals surface area contributed by atoms with Gasteiger partial charge in [0, 0.05) is 0 Å². The van der Waals surface area contributed by atoms with Crippen molar-refractivity contribution in [3.8, 4) is 0 Å². The van der Waals surface area contributed by atoms with Crippen LogP contribution in [0.25, 0.3) is 10.8 Å². The maximum atomic E-state index is 13.7. The van der Waals surface area contributed by atoms with E-state index in [1.54, 1.807) is 12.1 Å². The number of Topliss-reactive ketones (excluding diaryl/α,β-unsaturated/α-hetero) is 1. The van der Waals surface area contributed by atoms with Gasteiger partial charge in [0.1, 0.15) is 5.60 Å². The van der Waals surface area contributed by atoms with E-state index in [4.69, 9.17) is 9.47 Å². The zero-order chi connectivity index (χ0) is 21.8. The van der Waals surface area contributed by atoms with Crippen molar-refractivity contribution in [3.63, 3.8) is 0 Å². The summed E-state index contributed by atoms with van der Waals surface area (Å²) in [5.74, 6) is -0.759. The van der Waals surface area contributed by atoms with Crippen LogP contribution >= 0.6 is 0 Å². The molecule has 31 heavy (non-hydrogen) atoms. The van der Waals surface area contributed by atoms with E-state index in [0.717, 1.165) is 37.1 Å². The Kier molecular flexibility index (Phi) is 4.68. The molecule has 4 aliphatic carbocycles. The normalized spacial score (nSPS) is 30.6. The second-order valence-electron chi connectivity index (χ2n) is 10.00. The maximum absolute atomic E-state index is 13.7. The van der Waals surface area contributed by atoms with Crippen LogP contribution in [-0.4, -0.2) is 30.4 Å². The van der Waals surface area contributed by atoms with Gasteiger partial charge in [-0.05, 0) is 85.6 Å². The number of hydrogen-bond acceptors (Lipinski definition) is 5. The van der Waals surface area contributed by atoms with Crippen molar-refractivity contribution in [1.82, 2.24) is 0 Å². The minimum atomic E-state index is -1.75. The Morgan fingerprint density at radius 2 is 1.48 bits per heavy atom. The number of benzene rings is 2. The summed E-state index contributed by atoms with van der Waals surface area (Å²) in [5.41, 5.74) is -1.79. The van der Waals surface area contributed by atoms with Gasteiger partial charge < -0.3 is 9.47 Å². The molecular weight excluding hydrogens is 392 g/mol. The Balaban J connectivity index is 1.53. The minimum Gasteiger partial charge on any atom is -0.463 e. The molecule has 162 valence electrons. The van der Waals surface area contributed by atoms with E-state index in [0.29, 0.717) is 23.3 Å². The molecule has 5 heteroatoms. The highest BCUT2D eigenvalue weighted by atomic mass is 16.6. The van der Waals surface area contributed by atoms with Gasteiger partial charge in [0.05, 0.1) is 7.11 Å². The topological polar surface area (TPSA) is 69.7 Å². The molecule has 4 bridgehead atoms. The first-order valence-electron chi connectivity index (χ1n) is 11.2. The highest BCUT2D eigenvalue weighted by Gasteiger charge is 2.56. The fraction of sp³-hybridized carbons (Fsp3) is 0.500. The minimum absolute atomic E-state index is 0.455. The number of fused-ring (bicyclic) bond motifs is 1. The number of ketones is 1. The number of carbonyl (C=O) groups is 3. The van der Waals surface area contributed by atoms with Crippen molar-refractivity contribution in [2.75, 3.05) is 7.11 Å². The summed E-state index contributed by atoms with van der Waals surface area (Å²) in [4.78, 5) is 39.2. The van der Waals surface area contributed by atoms with Crippen molar-refractivity contribution in [2.45, 2.75) is 56.5 Å². The average Bonchev–Trinajstić information content (AvgIpc) is 2.75. The summed E-state index contributed by atoms with van der Waals surface area (Å²) >= 11 is 0. The summed E-state index contributed by atoms with van der Waals surface area (Å²) in [6.45, 7) is 1.50. The SMILES string of the molecule is COC(=O)C(=O)[C@](C)(C(=O)OC12CC3CC(CC(C3)C1)C2)c1ccc2ccccc2c1. The molecule has 1 atom stereocenters. The monoisotopic (exact) mass is 420 g/mol. The Bertz CT molecular complexity index is 1040. The summed E-state index contributed by atoms with van der Waals surface area (Å²) in [5, 5.41) is 1.89. The van der Waals surface area contributed by atoms with Gasteiger partial charge in [0.15, 0.2) is 5.41 Å². The molecule has 0 radical (unpaired) electrons. The third-order valence-corrected chi connectivity index (χ3v) is 7.85. The van der Waals surface area contributed by atoms with Crippen LogP contribution in [0.4, 0.5) is 0 Å². The Morgan fingerprint density at radius 3 is 2.06 bits per heavy atom. The van der Waals surface area contributed by atoms with Crippen molar-refractivity contribution < 1.29 is 23.9 Å². The molecule has 6 rings (SSSR count). The molecule has 4 aliphatic rings. The van der Waals surface area contributed by atoms with Crippen molar-refractivity contribution >= 4 is 28.5 Å². The molecule has 4 saturated carbocycles. The van der Waals surface area contributed by atoms with Crippen LogP contribution < -0.4 is 0 Å². The summed E-state index contributed by atoms with van der Waals surface area (Å²) < 4.78 is 10.9. The molecule has 0 heterocycles. The summed E-state index contributed by atoms with van der Waals surface area (Å²) in [6.07, 6.45) is 6.26. The molecule has 2 aromatic carbocycles. The standard InChI is InChI=1S/C26H28O5/c1-25(22(27)23(28)30-2,21-8-7-19-5-3-4-6-20(19)12-21)24(29)31-26-13-16-9-17(14-26)11-18(10-16)15-26/h3-8,12,16-18H,9-11,13-15H2,1-2H3/t16?,17?,18?,25-,26?/m1/s1. The van der Waals surface area contributed by atoms with E-state index < -0.39 is 28.7 Å². The van der Waals surface area contributed by atoms with Crippen LogP contribution in [0.5, 0.6) is 0 Å². The number of esters is 2. The van der Waals surface area contributed by atoms with Crippen molar-refractivity contribution in [3.05, 3.63) is 48.0 Å². The van der Waals surface area contributed by atoms with E-state index in [9.17, 15) is 14.4 Å². The van der Waals surface area contributed by atoms with Crippen LogP contribution in [-0.2, 0) is 29.3 Å². The lowest BCUT2D eigenvalue weighted by molar-refractivity contribution is -0.193. The highest BCUT2D eigenvalue weighted by molar-refractivity contribution is 6.42. The van der Waals surface area contributed by atoms with Crippen molar-refractivity contribution in [2.24, 2.45) is 17.8 Å². The molecule has 0 spiro atoms. The molecule has 0 unspecified atom stereocenters. The van der Waals surface area contributed by atoms with E-state index in [2.05, 4.69) is 0 Å². The van der Waals surface area contributed by atoms with Gasteiger partial charge in [-0.3, -0.25) is 9.59 Å². The van der Waals surface area contributed by atoms with Crippen LogP contribution in [0.3, 0.4) is 0 Å². The molecule has 2 aromatic rings. The van der Waals surface area contributed by atoms with Crippen LogP contribution in [0.2, 0.25) is 0 Å². The zero-order valence-electron chi connectivity index (χ0n) is 18.1. The molecule has 0 amide bonds. The van der Waals surface area contributed by atoms with Gasteiger partial charge in [0.25, 0.3) is 5.78 Å². The predicted octanol–water partition coefficient (Wildman–Crippen LogP) is 4.35. The molecule has 5 nitrogen and oxygen atoms in total. The zero-order valence-corrected chi connectivity index (χ0v) is 18.1. The van der Waals surface area contributed by atoms with E-state index in [1.165, 1.54) is 26.2 Å². The Labute approximate surface area is 182 Å². The molecule has 0 N–H and O–H groups in total. The average molecular weight is 421 g/mol. The van der Waals surface area contributed by atoms with Gasteiger partial charge in [0.2, 0.25) is 0 Å². The second-order valence-corrected chi connectivity index (χ2v) is 10.00. The third-order valence-electron chi connectivity index (χ3n) is 7.85. The lowest BCUT2D eigenvalue weighted by atomic mass is 9.54. The lowest BCUT2D eigenvalue weighted by Crippen LogP contribution is -2.56. The van der Waals surface area contributed by atoms with Gasteiger partial charge >= 0.3 is 11.9 Å². The largest absolute Gasteiger partial charge is 0.463 e. The fourth-order valence-electron chi connectivity index (χ4n) is 6.59. The Hall–Kier alpha value is -2.69. The third kappa shape index (κ3) is 3.26. The molecule has 0 saturated heterocycles.